The highest BCUT2D eigenvalue weighted by molar-refractivity contribution is 9.10. The minimum absolute atomic E-state index is 0.0230. The molecular weight excluding hydrogens is 296 g/mol. The van der Waals surface area contributed by atoms with Crippen LogP contribution in [0.2, 0.25) is 0 Å². The van der Waals surface area contributed by atoms with Crippen LogP contribution in [0, 0.1) is 0 Å². The second-order valence-corrected chi connectivity index (χ2v) is 5.29. The van der Waals surface area contributed by atoms with Crippen molar-refractivity contribution in [2.75, 3.05) is 19.0 Å². The topological polar surface area (TPSA) is 50.4 Å². The zero-order chi connectivity index (χ0) is 13.0. The standard InChI is InChI=1S/C13H17BrN2O2/c1-18-11-7-9(14)6-10(8-11)16-13(17)12-4-2-3-5-15-12/h6-8,12,15H,2-5H2,1H3,(H,16,17)/t12-/m1/s1. The van der Waals surface area contributed by atoms with Gasteiger partial charge in [0, 0.05) is 16.2 Å². The molecule has 0 bridgehead atoms. The molecule has 0 aromatic heterocycles. The Morgan fingerprint density at radius 1 is 1.44 bits per heavy atom. The minimum Gasteiger partial charge on any atom is -0.497 e. The van der Waals surface area contributed by atoms with Crippen molar-refractivity contribution in [3.05, 3.63) is 22.7 Å². The highest BCUT2D eigenvalue weighted by atomic mass is 79.9. The number of piperidine rings is 1. The maximum absolute atomic E-state index is 12.0. The van der Waals surface area contributed by atoms with Gasteiger partial charge in [-0.05, 0) is 31.5 Å². The first-order valence-corrected chi connectivity index (χ1v) is 6.87. The Labute approximate surface area is 115 Å². The highest BCUT2D eigenvalue weighted by Gasteiger charge is 2.20. The van der Waals surface area contributed by atoms with Crippen molar-refractivity contribution in [1.29, 1.82) is 0 Å². The van der Waals surface area contributed by atoms with E-state index >= 15 is 0 Å². The highest BCUT2D eigenvalue weighted by Crippen LogP contribution is 2.24. The van der Waals surface area contributed by atoms with Crippen LogP contribution >= 0.6 is 15.9 Å². The number of carbonyl (C=O) groups is 1. The van der Waals surface area contributed by atoms with E-state index in [1.165, 1.54) is 0 Å². The van der Waals surface area contributed by atoms with Gasteiger partial charge in [-0.15, -0.1) is 0 Å². The van der Waals surface area contributed by atoms with Gasteiger partial charge in [-0.3, -0.25) is 4.79 Å². The number of nitrogens with one attached hydrogen (secondary N) is 2. The molecule has 0 spiro atoms. The Morgan fingerprint density at radius 2 is 2.28 bits per heavy atom. The zero-order valence-electron chi connectivity index (χ0n) is 10.3. The third-order valence-electron chi connectivity index (χ3n) is 3.00. The van der Waals surface area contributed by atoms with E-state index in [0.29, 0.717) is 0 Å². The molecule has 2 rings (SSSR count). The summed E-state index contributed by atoms with van der Waals surface area (Å²) in [5.41, 5.74) is 0.749. The van der Waals surface area contributed by atoms with Crippen molar-refractivity contribution in [2.24, 2.45) is 0 Å². The van der Waals surface area contributed by atoms with Gasteiger partial charge >= 0.3 is 0 Å². The summed E-state index contributed by atoms with van der Waals surface area (Å²) in [4.78, 5) is 12.0. The molecule has 18 heavy (non-hydrogen) atoms. The third-order valence-corrected chi connectivity index (χ3v) is 3.46. The predicted molar refractivity (Wildman–Crippen MR) is 75.0 cm³/mol. The summed E-state index contributed by atoms with van der Waals surface area (Å²) < 4.78 is 6.05. The lowest BCUT2D eigenvalue weighted by molar-refractivity contribution is -0.118. The molecule has 1 fully saturated rings. The van der Waals surface area contributed by atoms with Crippen molar-refractivity contribution >= 4 is 27.5 Å². The molecule has 1 heterocycles. The van der Waals surface area contributed by atoms with Gasteiger partial charge in [0.25, 0.3) is 0 Å². The van der Waals surface area contributed by atoms with Crippen molar-refractivity contribution in [2.45, 2.75) is 25.3 Å². The molecule has 2 N–H and O–H groups in total. The molecule has 0 aliphatic carbocycles. The number of hydrogen-bond acceptors (Lipinski definition) is 3. The first-order chi connectivity index (χ1) is 8.69. The maximum atomic E-state index is 12.0. The SMILES string of the molecule is COc1cc(Br)cc(NC(=O)[C@H]2CCCCN2)c1. The number of benzene rings is 1. The molecule has 5 heteroatoms. The van der Waals surface area contributed by atoms with Gasteiger partial charge in [0.1, 0.15) is 5.75 Å². The van der Waals surface area contributed by atoms with E-state index < -0.39 is 0 Å². The van der Waals surface area contributed by atoms with Crippen LogP contribution in [0.5, 0.6) is 5.75 Å². The third kappa shape index (κ3) is 3.46. The van der Waals surface area contributed by atoms with Crippen LogP contribution in [0.1, 0.15) is 19.3 Å². The molecule has 98 valence electrons. The van der Waals surface area contributed by atoms with Gasteiger partial charge in [-0.1, -0.05) is 22.4 Å². The molecule has 0 unspecified atom stereocenters. The first-order valence-electron chi connectivity index (χ1n) is 6.08. The number of halogens is 1. The van der Waals surface area contributed by atoms with Crippen LogP contribution in [-0.2, 0) is 4.79 Å². The minimum atomic E-state index is -0.0799. The Kier molecular flexibility index (Phi) is 4.60. The fourth-order valence-corrected chi connectivity index (χ4v) is 2.53. The zero-order valence-corrected chi connectivity index (χ0v) is 11.9. The Morgan fingerprint density at radius 3 is 2.94 bits per heavy atom. The second-order valence-electron chi connectivity index (χ2n) is 4.37. The normalized spacial score (nSPS) is 19.3. The van der Waals surface area contributed by atoms with Crippen molar-refractivity contribution < 1.29 is 9.53 Å². The molecule has 1 aromatic rings. The second kappa shape index (κ2) is 6.20. The van der Waals surface area contributed by atoms with E-state index in [2.05, 4.69) is 26.6 Å². The van der Waals surface area contributed by atoms with Crippen molar-refractivity contribution in [3.63, 3.8) is 0 Å². The number of rotatable bonds is 3. The Bertz CT molecular complexity index is 431. The molecule has 0 radical (unpaired) electrons. The lowest BCUT2D eigenvalue weighted by Gasteiger charge is -2.22. The average Bonchev–Trinajstić information content (AvgIpc) is 2.39. The van der Waals surface area contributed by atoms with E-state index in [4.69, 9.17) is 4.74 Å². The van der Waals surface area contributed by atoms with Crippen LogP contribution in [-0.4, -0.2) is 25.6 Å². The molecule has 1 aliphatic rings. The largest absolute Gasteiger partial charge is 0.497 e. The van der Waals surface area contributed by atoms with Crippen LogP contribution < -0.4 is 15.4 Å². The van der Waals surface area contributed by atoms with Crippen LogP contribution in [0.25, 0.3) is 0 Å². The fraction of sp³-hybridized carbons (Fsp3) is 0.462. The van der Waals surface area contributed by atoms with Crippen molar-refractivity contribution in [1.82, 2.24) is 5.32 Å². The predicted octanol–water partition coefficient (Wildman–Crippen LogP) is 2.54. The molecular formula is C13H17BrN2O2. The number of hydrogen-bond donors (Lipinski definition) is 2. The fourth-order valence-electron chi connectivity index (χ4n) is 2.06. The number of amides is 1. The van der Waals surface area contributed by atoms with Gasteiger partial charge in [-0.2, -0.15) is 0 Å². The molecule has 4 nitrogen and oxygen atoms in total. The van der Waals surface area contributed by atoms with Gasteiger partial charge in [0.05, 0.1) is 13.2 Å². The van der Waals surface area contributed by atoms with Crippen LogP contribution in [0.3, 0.4) is 0 Å². The molecule has 1 atom stereocenters. The molecule has 0 saturated carbocycles. The van der Waals surface area contributed by atoms with Crippen LogP contribution in [0.4, 0.5) is 5.69 Å². The summed E-state index contributed by atoms with van der Waals surface area (Å²) in [6, 6.07) is 5.45. The maximum Gasteiger partial charge on any atom is 0.241 e. The quantitative estimate of drug-likeness (QED) is 0.901. The van der Waals surface area contributed by atoms with Crippen LogP contribution in [0.15, 0.2) is 22.7 Å². The summed E-state index contributed by atoms with van der Waals surface area (Å²) in [6.45, 7) is 0.917. The smallest absolute Gasteiger partial charge is 0.241 e. The number of methoxy groups -OCH3 is 1. The molecule has 1 aromatic carbocycles. The molecule has 1 aliphatic heterocycles. The van der Waals surface area contributed by atoms with E-state index in [0.717, 1.165) is 41.7 Å². The lowest BCUT2D eigenvalue weighted by Crippen LogP contribution is -2.43. The summed E-state index contributed by atoms with van der Waals surface area (Å²) in [5.74, 6) is 0.742. The van der Waals surface area contributed by atoms with E-state index in [-0.39, 0.29) is 11.9 Å². The lowest BCUT2D eigenvalue weighted by atomic mass is 10.0. The summed E-state index contributed by atoms with van der Waals surface area (Å²) in [6.07, 6.45) is 3.15. The molecule has 1 amide bonds. The van der Waals surface area contributed by atoms with Gasteiger partial charge in [0.2, 0.25) is 5.91 Å². The Balaban J connectivity index is 2.03. The average molecular weight is 313 g/mol. The number of ether oxygens (including phenoxy) is 1. The van der Waals surface area contributed by atoms with E-state index in [9.17, 15) is 4.79 Å². The summed E-state index contributed by atoms with van der Waals surface area (Å²) in [7, 11) is 1.61. The number of anilines is 1. The number of carbonyl (C=O) groups excluding carboxylic acids is 1. The first kappa shape index (κ1) is 13.4. The van der Waals surface area contributed by atoms with Gasteiger partial charge < -0.3 is 15.4 Å². The Hall–Kier alpha value is -1.07. The monoisotopic (exact) mass is 312 g/mol. The summed E-state index contributed by atoms with van der Waals surface area (Å²) >= 11 is 3.39. The van der Waals surface area contributed by atoms with Gasteiger partial charge in [-0.25, -0.2) is 0 Å². The van der Waals surface area contributed by atoms with Gasteiger partial charge in [0.15, 0.2) is 0 Å². The van der Waals surface area contributed by atoms with Crippen molar-refractivity contribution in [3.8, 4) is 5.75 Å². The molecule has 1 saturated heterocycles. The summed E-state index contributed by atoms with van der Waals surface area (Å²) in [5, 5.41) is 6.14. The van der Waals surface area contributed by atoms with E-state index in [1.807, 2.05) is 18.2 Å². The van der Waals surface area contributed by atoms with E-state index in [1.54, 1.807) is 7.11 Å².